The van der Waals surface area contributed by atoms with Gasteiger partial charge in [0, 0.05) is 11.4 Å². The Labute approximate surface area is 192 Å². The van der Waals surface area contributed by atoms with E-state index in [1.54, 1.807) is 29.7 Å². The van der Waals surface area contributed by atoms with Crippen LogP contribution in [0.5, 0.6) is 0 Å². The zero-order valence-corrected chi connectivity index (χ0v) is 19.1. The predicted octanol–water partition coefficient (Wildman–Crippen LogP) is 3.88. The van der Waals surface area contributed by atoms with Crippen molar-refractivity contribution in [3.05, 3.63) is 46.2 Å². The van der Waals surface area contributed by atoms with E-state index in [1.165, 1.54) is 29.1 Å². The molecule has 0 radical (unpaired) electrons. The Bertz CT molecular complexity index is 1140. The highest BCUT2D eigenvalue weighted by molar-refractivity contribution is 8.12. The highest BCUT2D eigenvalue weighted by atomic mass is 35.5. The first kappa shape index (κ1) is 22.9. The average molecular weight is 476 g/mol. The van der Waals surface area contributed by atoms with Gasteiger partial charge in [0.25, 0.3) is 0 Å². The topological polar surface area (TPSA) is 118 Å². The molecule has 31 heavy (non-hydrogen) atoms. The van der Waals surface area contributed by atoms with Crippen molar-refractivity contribution in [2.45, 2.75) is 18.4 Å². The molecule has 12 heteroatoms. The second-order valence-corrected chi connectivity index (χ2v) is 8.01. The first-order valence-electron chi connectivity index (χ1n) is 9.08. The predicted molar refractivity (Wildman–Crippen MR) is 123 cm³/mol. The smallest absolute Gasteiger partial charge is 0.344 e. The number of fused-ring (bicyclic) bond motifs is 1. The summed E-state index contributed by atoms with van der Waals surface area (Å²) in [5.74, 6) is 0.968. The molecule has 3 rings (SSSR count). The third kappa shape index (κ3) is 5.46. The van der Waals surface area contributed by atoms with E-state index in [0.29, 0.717) is 39.8 Å². The summed E-state index contributed by atoms with van der Waals surface area (Å²) in [6.07, 6.45) is 3.98. The Morgan fingerprint density at radius 3 is 2.84 bits per heavy atom. The van der Waals surface area contributed by atoms with E-state index < -0.39 is 5.97 Å². The molecule has 0 aliphatic heterocycles. The van der Waals surface area contributed by atoms with E-state index in [9.17, 15) is 4.79 Å². The van der Waals surface area contributed by atoms with Gasteiger partial charge >= 0.3 is 5.97 Å². The monoisotopic (exact) mass is 475 g/mol. The standard InChI is InChI=1S/C19H18ClN7O2S2/c1-3-29-18(28)15-16-26-25-14(8-12-4-6-13(20)7-5-12)27(16)19(24-17(15)30-2)23-11-31-10-22-9-21/h4-7,10H,3,8,11H2,1-2H3,(H,23,24). The molecule has 0 atom stereocenters. The van der Waals surface area contributed by atoms with Gasteiger partial charge in [0.05, 0.1) is 18.0 Å². The SMILES string of the molecule is CCOC(=O)c1c(SC)nc(NCSC=NC#N)n2c(Cc3ccc(Cl)cc3)nnc12. The number of nitrogens with zero attached hydrogens (tertiary/aromatic N) is 6. The van der Waals surface area contributed by atoms with Crippen molar-refractivity contribution < 1.29 is 9.53 Å². The third-order valence-corrected chi connectivity index (χ3v) is 5.53. The summed E-state index contributed by atoms with van der Waals surface area (Å²) in [6, 6.07) is 7.42. The fourth-order valence-corrected chi connectivity index (χ4v) is 3.84. The number of carbonyl (C=O) groups is 1. The number of halogens is 1. The van der Waals surface area contributed by atoms with Gasteiger partial charge in [-0.1, -0.05) is 35.5 Å². The molecule has 2 aromatic heterocycles. The molecule has 0 bridgehead atoms. The Hall–Kier alpha value is -2.81. The van der Waals surface area contributed by atoms with Crippen LogP contribution in [0.25, 0.3) is 5.65 Å². The van der Waals surface area contributed by atoms with Gasteiger partial charge in [0.2, 0.25) is 12.1 Å². The van der Waals surface area contributed by atoms with Crippen LogP contribution < -0.4 is 5.32 Å². The zero-order chi connectivity index (χ0) is 22.2. The van der Waals surface area contributed by atoms with Crippen LogP contribution in [0.3, 0.4) is 0 Å². The molecule has 9 nitrogen and oxygen atoms in total. The Morgan fingerprint density at radius 1 is 1.39 bits per heavy atom. The number of ether oxygens (including phenoxy) is 1. The minimum absolute atomic E-state index is 0.236. The number of hydrogen-bond donors (Lipinski definition) is 1. The molecule has 0 saturated heterocycles. The summed E-state index contributed by atoms with van der Waals surface area (Å²) in [6.45, 7) is 1.98. The quantitative estimate of drug-likeness (QED) is 0.0718. The van der Waals surface area contributed by atoms with Gasteiger partial charge in [-0.3, -0.25) is 0 Å². The van der Waals surface area contributed by atoms with Crippen LogP contribution in [-0.4, -0.2) is 49.8 Å². The first-order chi connectivity index (χ1) is 15.1. The van der Waals surface area contributed by atoms with E-state index >= 15 is 0 Å². The van der Waals surface area contributed by atoms with Gasteiger partial charge in [-0.15, -0.1) is 22.0 Å². The maximum Gasteiger partial charge on any atom is 0.344 e. The van der Waals surface area contributed by atoms with Crippen molar-refractivity contribution >= 4 is 58.2 Å². The first-order valence-corrected chi connectivity index (χ1v) is 11.7. The lowest BCUT2D eigenvalue weighted by Gasteiger charge is -2.13. The fraction of sp³-hybridized carbons (Fsp3) is 0.263. The summed E-state index contributed by atoms with van der Waals surface area (Å²) in [7, 11) is 0. The number of rotatable bonds is 9. The zero-order valence-electron chi connectivity index (χ0n) is 16.7. The van der Waals surface area contributed by atoms with Crippen molar-refractivity contribution in [2.75, 3.05) is 24.1 Å². The molecular weight excluding hydrogens is 458 g/mol. The molecule has 0 spiro atoms. The molecule has 3 aromatic rings. The van der Waals surface area contributed by atoms with Crippen LogP contribution in [0.4, 0.5) is 5.95 Å². The summed E-state index contributed by atoms with van der Waals surface area (Å²) < 4.78 is 6.93. The number of esters is 1. The number of aromatic nitrogens is 4. The lowest BCUT2D eigenvalue weighted by atomic mass is 10.1. The van der Waals surface area contributed by atoms with E-state index in [2.05, 4.69) is 25.5 Å². The van der Waals surface area contributed by atoms with Crippen LogP contribution in [0.2, 0.25) is 5.02 Å². The minimum atomic E-state index is -0.503. The van der Waals surface area contributed by atoms with Gasteiger partial charge in [0.15, 0.2) is 5.65 Å². The normalized spacial score (nSPS) is 11.0. The molecule has 0 amide bonds. The van der Waals surface area contributed by atoms with Crippen molar-refractivity contribution in [3.8, 4) is 6.19 Å². The maximum absolute atomic E-state index is 12.6. The lowest BCUT2D eigenvalue weighted by Crippen LogP contribution is -2.15. The number of hydrogen-bond acceptors (Lipinski definition) is 10. The maximum atomic E-state index is 12.6. The number of nitrogens with one attached hydrogen (secondary N) is 1. The van der Waals surface area contributed by atoms with Crippen LogP contribution >= 0.6 is 35.1 Å². The molecule has 0 fully saturated rings. The molecule has 0 saturated carbocycles. The van der Waals surface area contributed by atoms with Crippen LogP contribution in [0.15, 0.2) is 34.3 Å². The molecule has 2 heterocycles. The molecule has 0 unspecified atom stereocenters. The molecule has 0 aliphatic carbocycles. The molecule has 1 N–H and O–H groups in total. The Balaban J connectivity index is 2.08. The van der Waals surface area contributed by atoms with E-state index in [-0.39, 0.29) is 12.2 Å². The number of nitriles is 1. The second-order valence-electron chi connectivity index (χ2n) is 5.94. The largest absolute Gasteiger partial charge is 0.462 e. The van der Waals surface area contributed by atoms with Crippen molar-refractivity contribution in [3.63, 3.8) is 0 Å². The lowest BCUT2D eigenvalue weighted by molar-refractivity contribution is 0.0523. The molecule has 0 aliphatic rings. The van der Waals surface area contributed by atoms with Gasteiger partial charge in [-0.25, -0.2) is 14.2 Å². The molecule has 1 aromatic carbocycles. The van der Waals surface area contributed by atoms with Crippen molar-refractivity contribution in [1.29, 1.82) is 5.26 Å². The average Bonchev–Trinajstić information content (AvgIpc) is 3.18. The van der Waals surface area contributed by atoms with E-state index in [1.807, 2.05) is 18.4 Å². The van der Waals surface area contributed by atoms with Crippen molar-refractivity contribution in [2.24, 2.45) is 4.99 Å². The van der Waals surface area contributed by atoms with Crippen LogP contribution in [0.1, 0.15) is 28.7 Å². The second kappa shape index (κ2) is 11.0. The van der Waals surface area contributed by atoms with Gasteiger partial charge in [-0.2, -0.15) is 10.3 Å². The van der Waals surface area contributed by atoms with Gasteiger partial charge in [0.1, 0.15) is 16.4 Å². The van der Waals surface area contributed by atoms with E-state index in [0.717, 1.165) is 5.56 Å². The van der Waals surface area contributed by atoms with Crippen LogP contribution in [-0.2, 0) is 11.2 Å². The molecular formula is C19H18ClN7O2S2. The summed E-state index contributed by atoms with van der Waals surface area (Å²) >= 11 is 8.60. The van der Waals surface area contributed by atoms with Crippen LogP contribution in [0, 0.1) is 11.5 Å². The number of aliphatic imine (C=N–C) groups is 1. The summed E-state index contributed by atoms with van der Waals surface area (Å²) in [4.78, 5) is 20.8. The van der Waals surface area contributed by atoms with Crippen molar-refractivity contribution in [1.82, 2.24) is 19.6 Å². The van der Waals surface area contributed by atoms with E-state index in [4.69, 9.17) is 21.6 Å². The highest BCUT2D eigenvalue weighted by Gasteiger charge is 2.25. The highest BCUT2D eigenvalue weighted by Crippen LogP contribution is 2.27. The third-order valence-electron chi connectivity index (χ3n) is 4.03. The van der Waals surface area contributed by atoms with Gasteiger partial charge in [-0.05, 0) is 30.9 Å². The number of carbonyl (C=O) groups excluding carboxylic acids is 1. The fourth-order valence-electron chi connectivity index (χ4n) is 2.75. The molecule has 160 valence electrons. The minimum Gasteiger partial charge on any atom is -0.462 e. The Morgan fingerprint density at radius 2 is 2.16 bits per heavy atom. The number of benzene rings is 1. The number of thioether (sulfide) groups is 2. The summed E-state index contributed by atoms with van der Waals surface area (Å²) in [5.41, 5.74) is 3.05. The Kier molecular flexibility index (Phi) is 8.11. The van der Waals surface area contributed by atoms with Gasteiger partial charge < -0.3 is 10.1 Å². The summed E-state index contributed by atoms with van der Waals surface area (Å²) in [5, 5.41) is 21.4. The number of anilines is 1.